The third kappa shape index (κ3) is 2.94. The molecule has 0 aliphatic rings. The molecule has 0 aliphatic heterocycles. The van der Waals surface area contributed by atoms with Crippen LogP contribution in [0.2, 0.25) is 0 Å². The monoisotopic (exact) mass is 288 g/mol. The molecule has 0 amide bonds. The molecule has 3 N–H and O–H groups in total. The maximum Gasteiger partial charge on any atom is 0.174 e. The van der Waals surface area contributed by atoms with Crippen LogP contribution in [-0.4, -0.2) is 23.1 Å². The zero-order valence-electron chi connectivity index (χ0n) is 12.1. The molecule has 0 saturated carbocycles. The van der Waals surface area contributed by atoms with Gasteiger partial charge in [-0.15, -0.1) is 0 Å². The summed E-state index contributed by atoms with van der Waals surface area (Å²) in [7, 11) is 1.79. The Labute approximate surface area is 122 Å². The van der Waals surface area contributed by atoms with Crippen molar-refractivity contribution in [3.8, 4) is 0 Å². The lowest BCUT2D eigenvalue weighted by Gasteiger charge is -2.23. The van der Waals surface area contributed by atoms with Gasteiger partial charge in [-0.05, 0) is 38.1 Å². The van der Waals surface area contributed by atoms with Gasteiger partial charge >= 0.3 is 0 Å². The molecular formula is C15H17FN4O. The minimum absolute atomic E-state index is 0.0294. The normalized spacial score (nSPS) is 11.5. The van der Waals surface area contributed by atoms with Gasteiger partial charge in [-0.1, -0.05) is 11.2 Å². The van der Waals surface area contributed by atoms with Crippen LogP contribution in [0.5, 0.6) is 0 Å². The highest BCUT2D eigenvalue weighted by molar-refractivity contribution is 6.03. The average molecular weight is 288 g/mol. The molecule has 0 bridgehead atoms. The van der Waals surface area contributed by atoms with E-state index in [1.807, 2.05) is 13.0 Å². The van der Waals surface area contributed by atoms with Crippen LogP contribution in [0.15, 0.2) is 35.5 Å². The van der Waals surface area contributed by atoms with E-state index < -0.39 is 0 Å². The molecule has 0 spiro atoms. The third-order valence-corrected chi connectivity index (χ3v) is 3.23. The molecule has 1 aromatic heterocycles. The van der Waals surface area contributed by atoms with E-state index in [2.05, 4.69) is 10.1 Å². The van der Waals surface area contributed by atoms with Crippen molar-refractivity contribution in [1.82, 2.24) is 4.98 Å². The van der Waals surface area contributed by atoms with Gasteiger partial charge in [-0.25, -0.2) is 4.39 Å². The summed E-state index contributed by atoms with van der Waals surface area (Å²) >= 11 is 0. The van der Waals surface area contributed by atoms with Crippen LogP contribution < -0.4 is 10.6 Å². The number of anilines is 2. The molecule has 6 heteroatoms. The molecule has 0 saturated heterocycles. The molecule has 0 unspecified atom stereocenters. The van der Waals surface area contributed by atoms with Gasteiger partial charge in [0.25, 0.3) is 0 Å². The average Bonchev–Trinajstić information content (AvgIpc) is 2.45. The number of benzene rings is 1. The number of nitrogens with two attached hydrogens (primary N) is 1. The highest BCUT2D eigenvalue weighted by Gasteiger charge is 2.17. The van der Waals surface area contributed by atoms with E-state index >= 15 is 0 Å². The van der Waals surface area contributed by atoms with Gasteiger partial charge in [0.2, 0.25) is 0 Å². The lowest BCUT2D eigenvalue weighted by molar-refractivity contribution is 0.318. The highest BCUT2D eigenvalue weighted by Crippen LogP contribution is 2.29. The molecule has 2 aromatic rings. The number of hydrogen-bond acceptors (Lipinski definition) is 4. The predicted octanol–water partition coefficient (Wildman–Crippen LogP) is 2.70. The second-order valence-electron chi connectivity index (χ2n) is 4.77. The quantitative estimate of drug-likeness (QED) is 0.394. The lowest BCUT2D eigenvalue weighted by atomic mass is 10.1. The number of halogens is 1. The van der Waals surface area contributed by atoms with Crippen molar-refractivity contribution in [1.29, 1.82) is 0 Å². The van der Waals surface area contributed by atoms with E-state index in [1.165, 1.54) is 12.1 Å². The Kier molecular flexibility index (Phi) is 4.07. The molecule has 1 aromatic carbocycles. The van der Waals surface area contributed by atoms with Gasteiger partial charge < -0.3 is 15.8 Å². The molecule has 0 radical (unpaired) electrons. The van der Waals surface area contributed by atoms with Gasteiger partial charge in [0.1, 0.15) is 5.82 Å². The Morgan fingerprint density at radius 2 is 2.05 bits per heavy atom. The van der Waals surface area contributed by atoms with Crippen molar-refractivity contribution in [3.63, 3.8) is 0 Å². The van der Waals surface area contributed by atoms with Gasteiger partial charge in [-0.2, -0.15) is 0 Å². The molecule has 0 aliphatic carbocycles. The fourth-order valence-electron chi connectivity index (χ4n) is 2.26. The van der Waals surface area contributed by atoms with Crippen molar-refractivity contribution >= 4 is 17.2 Å². The fourth-order valence-corrected chi connectivity index (χ4v) is 2.26. The molecule has 1 heterocycles. The van der Waals surface area contributed by atoms with Crippen LogP contribution in [0, 0.1) is 19.7 Å². The smallest absolute Gasteiger partial charge is 0.174 e. The Morgan fingerprint density at radius 1 is 1.33 bits per heavy atom. The summed E-state index contributed by atoms with van der Waals surface area (Å²) in [6.07, 6.45) is 0. The van der Waals surface area contributed by atoms with Crippen LogP contribution in [-0.2, 0) is 0 Å². The van der Waals surface area contributed by atoms with Crippen LogP contribution >= 0.6 is 0 Å². The minimum Gasteiger partial charge on any atom is -0.409 e. The summed E-state index contributed by atoms with van der Waals surface area (Å²) in [5.74, 6) is -0.356. The molecule has 21 heavy (non-hydrogen) atoms. The van der Waals surface area contributed by atoms with Gasteiger partial charge in [0.05, 0.1) is 16.9 Å². The SMILES string of the molecule is Cc1cc(N(C)c2cccc(F)c2)c(/C(N)=N/O)c(C)n1. The first-order valence-corrected chi connectivity index (χ1v) is 6.39. The number of aryl methyl sites for hydroxylation is 2. The van der Waals surface area contributed by atoms with Crippen molar-refractivity contribution in [2.75, 3.05) is 11.9 Å². The number of rotatable bonds is 3. The molecule has 110 valence electrons. The third-order valence-electron chi connectivity index (χ3n) is 3.23. The molecule has 0 fully saturated rings. The fraction of sp³-hybridized carbons (Fsp3) is 0.200. The zero-order valence-corrected chi connectivity index (χ0v) is 12.1. The number of oxime groups is 1. The van der Waals surface area contributed by atoms with E-state index in [0.717, 1.165) is 5.69 Å². The Hall–Kier alpha value is -2.63. The summed E-state index contributed by atoms with van der Waals surface area (Å²) < 4.78 is 13.4. The minimum atomic E-state index is -0.327. The van der Waals surface area contributed by atoms with Crippen LogP contribution in [0.1, 0.15) is 17.0 Å². The first-order valence-electron chi connectivity index (χ1n) is 6.39. The zero-order chi connectivity index (χ0) is 15.6. The number of hydrogen-bond donors (Lipinski definition) is 2. The molecule has 0 atom stereocenters. The Morgan fingerprint density at radius 3 is 2.67 bits per heavy atom. The van der Waals surface area contributed by atoms with E-state index in [4.69, 9.17) is 10.9 Å². The molecule has 5 nitrogen and oxygen atoms in total. The summed E-state index contributed by atoms with van der Waals surface area (Å²) in [5.41, 5.74) is 9.06. The molecule has 2 rings (SSSR count). The number of pyridine rings is 1. The first kappa shape index (κ1) is 14.8. The number of aromatic nitrogens is 1. The van der Waals surface area contributed by atoms with Gasteiger partial charge in [0.15, 0.2) is 5.84 Å². The summed E-state index contributed by atoms with van der Waals surface area (Å²) in [6.45, 7) is 3.63. The Bertz CT molecular complexity index is 700. The summed E-state index contributed by atoms with van der Waals surface area (Å²) in [6, 6.07) is 8.02. The van der Waals surface area contributed by atoms with Crippen molar-refractivity contribution in [2.45, 2.75) is 13.8 Å². The standard InChI is InChI=1S/C15H17FN4O/c1-9-7-13(14(10(2)18-9)15(17)19-21)20(3)12-6-4-5-11(16)8-12/h4-8,21H,1-3H3,(H2,17,19). The van der Waals surface area contributed by atoms with Gasteiger partial charge in [-0.3, -0.25) is 4.98 Å². The summed E-state index contributed by atoms with van der Waals surface area (Å²) in [5, 5.41) is 12.0. The topological polar surface area (TPSA) is 74.7 Å². The maximum atomic E-state index is 13.4. The van der Waals surface area contributed by atoms with Crippen LogP contribution in [0.4, 0.5) is 15.8 Å². The Balaban J connectivity index is 2.62. The van der Waals surface area contributed by atoms with E-state index in [9.17, 15) is 4.39 Å². The van der Waals surface area contributed by atoms with Crippen LogP contribution in [0.3, 0.4) is 0 Å². The van der Waals surface area contributed by atoms with Crippen molar-refractivity contribution in [2.24, 2.45) is 10.9 Å². The van der Waals surface area contributed by atoms with E-state index in [1.54, 1.807) is 31.0 Å². The largest absolute Gasteiger partial charge is 0.409 e. The first-order chi connectivity index (χ1) is 9.93. The highest BCUT2D eigenvalue weighted by atomic mass is 19.1. The number of amidine groups is 1. The maximum absolute atomic E-state index is 13.4. The summed E-state index contributed by atoms with van der Waals surface area (Å²) in [4.78, 5) is 6.10. The number of nitrogens with zero attached hydrogens (tertiary/aromatic N) is 3. The van der Waals surface area contributed by atoms with Crippen LogP contribution in [0.25, 0.3) is 0 Å². The van der Waals surface area contributed by atoms with E-state index in [-0.39, 0.29) is 11.7 Å². The van der Waals surface area contributed by atoms with E-state index in [0.29, 0.717) is 22.6 Å². The van der Waals surface area contributed by atoms with Crippen molar-refractivity contribution in [3.05, 3.63) is 53.1 Å². The second-order valence-corrected chi connectivity index (χ2v) is 4.77. The second kappa shape index (κ2) is 5.78. The lowest BCUT2D eigenvalue weighted by Crippen LogP contribution is -2.22. The molecular weight excluding hydrogens is 271 g/mol. The van der Waals surface area contributed by atoms with Gasteiger partial charge in [0, 0.05) is 18.4 Å². The van der Waals surface area contributed by atoms with Crippen molar-refractivity contribution < 1.29 is 9.60 Å². The predicted molar refractivity (Wildman–Crippen MR) is 80.7 cm³/mol.